The Morgan fingerprint density at radius 2 is 1.94 bits per heavy atom. The molecule has 3 saturated heterocycles. The SMILES string of the molecule is CCc1ccc2c(c1)[C@]1(C(=O)N2)[C@@H]2C(=O)N(c3ccc(C)c([N+](=O)[O-])c3)C(=O)[C@@H]2[C@H]2CCCN21. The molecular formula is C25H24N4O5. The number of nitro benzene ring substituents is 1. The number of nitrogens with zero attached hydrogens (tertiary/aromatic N) is 3. The normalized spacial score (nSPS) is 29.5. The van der Waals surface area contributed by atoms with Crippen LogP contribution in [0, 0.1) is 28.9 Å². The minimum absolute atomic E-state index is 0.149. The lowest BCUT2D eigenvalue weighted by molar-refractivity contribution is -0.385. The van der Waals surface area contributed by atoms with E-state index in [9.17, 15) is 24.5 Å². The van der Waals surface area contributed by atoms with Crippen molar-refractivity contribution in [1.82, 2.24) is 4.90 Å². The molecule has 0 saturated carbocycles. The topological polar surface area (TPSA) is 113 Å². The molecule has 0 bridgehead atoms. The molecule has 0 aromatic heterocycles. The number of hydrogen-bond donors (Lipinski definition) is 1. The van der Waals surface area contributed by atoms with Crippen LogP contribution < -0.4 is 10.2 Å². The predicted molar refractivity (Wildman–Crippen MR) is 123 cm³/mol. The summed E-state index contributed by atoms with van der Waals surface area (Å²) in [7, 11) is 0. The highest BCUT2D eigenvalue weighted by Crippen LogP contribution is 2.60. The first kappa shape index (κ1) is 21.0. The van der Waals surface area contributed by atoms with Crippen LogP contribution in [0.3, 0.4) is 0 Å². The number of carbonyl (C=O) groups is 3. The van der Waals surface area contributed by atoms with Crippen molar-refractivity contribution in [3.05, 3.63) is 63.2 Å². The Morgan fingerprint density at radius 1 is 1.15 bits per heavy atom. The van der Waals surface area contributed by atoms with Crippen LogP contribution >= 0.6 is 0 Å². The second kappa shape index (κ2) is 6.96. The molecule has 6 rings (SSSR count). The van der Waals surface area contributed by atoms with Crippen molar-refractivity contribution in [2.24, 2.45) is 11.8 Å². The maximum atomic E-state index is 14.0. The summed E-state index contributed by atoms with van der Waals surface area (Å²) in [6, 6.07) is 9.99. The van der Waals surface area contributed by atoms with Crippen LogP contribution in [-0.2, 0) is 26.3 Å². The highest BCUT2D eigenvalue weighted by Gasteiger charge is 2.74. The van der Waals surface area contributed by atoms with Crippen molar-refractivity contribution in [3.8, 4) is 0 Å². The van der Waals surface area contributed by atoms with Crippen LogP contribution in [0.25, 0.3) is 0 Å². The van der Waals surface area contributed by atoms with Crippen LogP contribution in [0.5, 0.6) is 0 Å². The first-order valence-electron chi connectivity index (χ1n) is 11.6. The number of amides is 3. The molecule has 2 aromatic carbocycles. The van der Waals surface area contributed by atoms with Crippen molar-refractivity contribution in [1.29, 1.82) is 0 Å². The van der Waals surface area contributed by atoms with E-state index in [1.165, 1.54) is 6.07 Å². The Balaban J connectivity index is 1.53. The van der Waals surface area contributed by atoms with E-state index < -0.39 is 28.2 Å². The molecule has 0 aliphatic carbocycles. The average Bonchev–Trinajstić information content (AvgIpc) is 3.52. The van der Waals surface area contributed by atoms with E-state index in [0.717, 1.165) is 35.3 Å². The van der Waals surface area contributed by atoms with Crippen LogP contribution in [0.4, 0.5) is 17.1 Å². The minimum atomic E-state index is -1.25. The number of rotatable bonds is 3. The summed E-state index contributed by atoms with van der Waals surface area (Å²) in [4.78, 5) is 55.6. The van der Waals surface area contributed by atoms with E-state index in [1.54, 1.807) is 19.1 Å². The van der Waals surface area contributed by atoms with Gasteiger partial charge in [-0.1, -0.05) is 25.1 Å². The van der Waals surface area contributed by atoms with Crippen LogP contribution in [0.2, 0.25) is 0 Å². The highest BCUT2D eigenvalue weighted by molar-refractivity contribution is 6.26. The van der Waals surface area contributed by atoms with Crippen molar-refractivity contribution in [2.45, 2.75) is 44.7 Å². The number of hydrogen-bond acceptors (Lipinski definition) is 6. The molecule has 3 fully saturated rings. The summed E-state index contributed by atoms with van der Waals surface area (Å²) in [6.07, 6.45) is 2.34. The Morgan fingerprint density at radius 3 is 2.68 bits per heavy atom. The Labute approximate surface area is 195 Å². The van der Waals surface area contributed by atoms with Gasteiger partial charge >= 0.3 is 0 Å². The molecule has 1 spiro atoms. The minimum Gasteiger partial charge on any atom is -0.324 e. The van der Waals surface area contributed by atoms with E-state index >= 15 is 0 Å². The van der Waals surface area contributed by atoms with E-state index in [2.05, 4.69) is 10.2 Å². The molecule has 4 aliphatic rings. The summed E-state index contributed by atoms with van der Waals surface area (Å²) in [6.45, 7) is 4.28. The summed E-state index contributed by atoms with van der Waals surface area (Å²) in [5.41, 5.74) is 1.72. The number of fused-ring (bicyclic) bond motifs is 7. The fourth-order valence-electron chi connectivity index (χ4n) is 6.66. The lowest BCUT2D eigenvalue weighted by Crippen LogP contribution is -2.54. The fourth-order valence-corrected chi connectivity index (χ4v) is 6.66. The Kier molecular flexibility index (Phi) is 4.29. The van der Waals surface area contributed by atoms with Crippen molar-refractivity contribution >= 4 is 34.8 Å². The third-order valence-corrected chi connectivity index (χ3v) is 8.11. The maximum Gasteiger partial charge on any atom is 0.274 e. The van der Waals surface area contributed by atoms with Gasteiger partial charge in [0, 0.05) is 28.9 Å². The van der Waals surface area contributed by atoms with Gasteiger partial charge in [-0.25, -0.2) is 4.90 Å². The molecule has 9 heteroatoms. The smallest absolute Gasteiger partial charge is 0.274 e. The number of nitro groups is 1. The second-order valence-corrected chi connectivity index (χ2v) is 9.60. The van der Waals surface area contributed by atoms with Gasteiger partial charge < -0.3 is 5.32 Å². The van der Waals surface area contributed by atoms with Gasteiger partial charge in [0.15, 0.2) is 0 Å². The molecular weight excluding hydrogens is 436 g/mol. The van der Waals surface area contributed by atoms with Gasteiger partial charge in [-0.2, -0.15) is 0 Å². The van der Waals surface area contributed by atoms with E-state index in [1.807, 2.05) is 25.1 Å². The first-order chi connectivity index (χ1) is 16.3. The summed E-state index contributed by atoms with van der Waals surface area (Å²) < 4.78 is 0. The molecule has 174 valence electrons. The molecule has 4 heterocycles. The van der Waals surface area contributed by atoms with Gasteiger partial charge in [-0.05, 0) is 50.4 Å². The van der Waals surface area contributed by atoms with E-state index in [-0.39, 0.29) is 29.2 Å². The Hall–Kier alpha value is -3.59. The molecule has 4 aliphatic heterocycles. The van der Waals surface area contributed by atoms with Gasteiger partial charge in [0.2, 0.25) is 17.7 Å². The van der Waals surface area contributed by atoms with Crippen LogP contribution in [0.15, 0.2) is 36.4 Å². The maximum absolute atomic E-state index is 14.0. The number of nitrogens with one attached hydrogen (secondary N) is 1. The first-order valence-corrected chi connectivity index (χ1v) is 11.6. The number of aryl methyl sites for hydroxylation is 2. The Bertz CT molecular complexity index is 1310. The van der Waals surface area contributed by atoms with Gasteiger partial charge in [0.25, 0.3) is 5.69 Å². The molecule has 0 unspecified atom stereocenters. The monoisotopic (exact) mass is 460 g/mol. The van der Waals surface area contributed by atoms with Crippen molar-refractivity contribution < 1.29 is 19.3 Å². The number of benzene rings is 2. The standard InChI is InChI=1S/C25H24N4O5/c1-3-14-7-9-17-16(11-14)25(24(32)26-17)21-20(18-5-4-10-27(18)25)22(30)28(23(21)31)15-8-6-13(2)19(12-15)29(33)34/h6-9,11-12,18,20-21H,3-5,10H2,1-2H3,(H,26,32)/t18-,20-,21+,25-/m1/s1. The molecule has 0 radical (unpaired) electrons. The lowest BCUT2D eigenvalue weighted by atomic mass is 9.75. The van der Waals surface area contributed by atoms with E-state index in [0.29, 0.717) is 17.8 Å². The average molecular weight is 460 g/mol. The predicted octanol–water partition coefficient (Wildman–Crippen LogP) is 2.90. The van der Waals surface area contributed by atoms with Gasteiger partial charge in [0.05, 0.1) is 22.4 Å². The molecule has 9 nitrogen and oxygen atoms in total. The lowest BCUT2D eigenvalue weighted by Gasteiger charge is -2.36. The zero-order chi connectivity index (χ0) is 23.9. The number of anilines is 2. The molecule has 1 N–H and O–H groups in total. The molecule has 34 heavy (non-hydrogen) atoms. The number of imide groups is 1. The third kappa shape index (κ3) is 2.39. The highest BCUT2D eigenvalue weighted by atomic mass is 16.6. The molecule has 2 aromatic rings. The van der Waals surface area contributed by atoms with Crippen LogP contribution in [-0.4, -0.2) is 40.1 Å². The zero-order valence-electron chi connectivity index (χ0n) is 18.9. The van der Waals surface area contributed by atoms with Crippen molar-refractivity contribution in [3.63, 3.8) is 0 Å². The van der Waals surface area contributed by atoms with Gasteiger partial charge in [0.1, 0.15) is 5.54 Å². The molecule has 3 amide bonds. The summed E-state index contributed by atoms with van der Waals surface area (Å²) in [5.74, 6) is -2.66. The van der Waals surface area contributed by atoms with E-state index in [4.69, 9.17) is 0 Å². The largest absolute Gasteiger partial charge is 0.324 e. The van der Waals surface area contributed by atoms with Gasteiger partial charge in [-0.15, -0.1) is 0 Å². The third-order valence-electron chi connectivity index (χ3n) is 8.11. The second-order valence-electron chi connectivity index (χ2n) is 9.60. The number of carbonyl (C=O) groups excluding carboxylic acids is 3. The zero-order valence-corrected chi connectivity index (χ0v) is 18.9. The summed E-state index contributed by atoms with van der Waals surface area (Å²) >= 11 is 0. The molecule has 4 atom stereocenters. The van der Waals surface area contributed by atoms with Crippen LogP contribution in [0.1, 0.15) is 36.5 Å². The van der Waals surface area contributed by atoms with Gasteiger partial charge in [-0.3, -0.25) is 29.4 Å². The summed E-state index contributed by atoms with van der Waals surface area (Å²) in [5, 5.41) is 14.5. The van der Waals surface area contributed by atoms with Crippen molar-refractivity contribution in [2.75, 3.05) is 16.8 Å². The quantitative estimate of drug-likeness (QED) is 0.428. The fraction of sp³-hybridized carbons (Fsp3) is 0.400.